The van der Waals surface area contributed by atoms with E-state index in [0.29, 0.717) is 17.5 Å². The normalized spacial score (nSPS) is 13.2. The number of fused-ring (bicyclic) bond motifs is 11. The molecule has 3 heterocycles. The molecule has 58 heavy (non-hydrogen) atoms. The van der Waals surface area contributed by atoms with Gasteiger partial charge in [0.25, 0.3) is 0 Å². The average molecular weight is 757 g/mol. The van der Waals surface area contributed by atoms with Crippen molar-refractivity contribution < 1.29 is 0 Å². The number of nitrogens with zero attached hydrogens (tertiary/aromatic N) is 4. The SMILES string of the molecule is c1ccc(-c2nc(-c3cccc4c3-c3c(-c5cncc6ccccc56)cccc3C43c4ccccc4Sc4ccccc43)nc(-c3cccc4ccccc34)n2)cc1. The zero-order chi connectivity index (χ0) is 38.2. The Bertz CT molecular complexity index is 3230. The maximum Gasteiger partial charge on any atom is 0.164 e. The van der Waals surface area contributed by atoms with Gasteiger partial charge in [0.1, 0.15) is 0 Å². The molecule has 1 spiro atoms. The van der Waals surface area contributed by atoms with Crippen LogP contribution in [0.15, 0.2) is 204 Å². The second-order valence-electron chi connectivity index (χ2n) is 14.9. The highest BCUT2D eigenvalue weighted by Gasteiger charge is 2.51. The monoisotopic (exact) mass is 756 g/mol. The van der Waals surface area contributed by atoms with Crippen LogP contribution in [0.25, 0.3) is 78.0 Å². The molecule has 0 amide bonds. The van der Waals surface area contributed by atoms with Gasteiger partial charge in [-0.05, 0) is 67.2 Å². The Labute approximate surface area is 340 Å². The maximum absolute atomic E-state index is 5.44. The van der Waals surface area contributed by atoms with E-state index in [1.165, 1.54) is 37.6 Å². The lowest BCUT2D eigenvalue weighted by atomic mass is 9.67. The van der Waals surface area contributed by atoms with E-state index in [9.17, 15) is 0 Å². The fraction of sp³-hybridized carbons (Fsp3) is 0.0189. The molecule has 8 aromatic carbocycles. The van der Waals surface area contributed by atoms with Crippen LogP contribution in [0.3, 0.4) is 0 Å². The van der Waals surface area contributed by atoms with Gasteiger partial charge in [-0.1, -0.05) is 182 Å². The van der Waals surface area contributed by atoms with Crippen LogP contribution in [0.1, 0.15) is 22.3 Å². The minimum atomic E-state index is -0.596. The standard InChI is InChI=1S/C53H32N4S/c1-2-16-34(17-3-1)50-55-51(39-23-12-19-33-15-4-6-20-36(33)39)57-52(56-50)40-24-14-28-45-49(40)48-38(41-32-54-31-35-18-5-7-21-37(35)41)22-13-27-44(48)53(45)42-25-8-10-29-46(42)58-47-30-11-9-26-43(47)53/h1-32H. The first-order chi connectivity index (χ1) is 28.8. The first kappa shape index (κ1) is 33.0. The van der Waals surface area contributed by atoms with E-state index in [4.69, 9.17) is 19.9 Å². The van der Waals surface area contributed by atoms with Crippen molar-refractivity contribution in [2.75, 3.05) is 0 Å². The lowest BCUT2D eigenvalue weighted by molar-refractivity contribution is 0.722. The topological polar surface area (TPSA) is 51.6 Å². The lowest BCUT2D eigenvalue weighted by Gasteiger charge is -2.39. The van der Waals surface area contributed by atoms with E-state index < -0.39 is 5.41 Å². The number of aromatic nitrogens is 4. The van der Waals surface area contributed by atoms with Crippen molar-refractivity contribution in [2.45, 2.75) is 15.2 Å². The molecule has 0 unspecified atom stereocenters. The van der Waals surface area contributed by atoms with Crippen LogP contribution in [0.5, 0.6) is 0 Å². The third-order valence-corrected chi connectivity index (χ3v) is 13.0. The third-order valence-electron chi connectivity index (χ3n) is 11.9. The van der Waals surface area contributed by atoms with E-state index in [0.717, 1.165) is 54.9 Å². The summed E-state index contributed by atoms with van der Waals surface area (Å²) in [6.45, 7) is 0. The Hall–Kier alpha value is -7.21. The van der Waals surface area contributed by atoms with Crippen LogP contribution in [-0.2, 0) is 5.41 Å². The van der Waals surface area contributed by atoms with Crippen molar-refractivity contribution in [3.8, 4) is 56.4 Å². The van der Waals surface area contributed by atoms with E-state index in [2.05, 4.69) is 164 Å². The largest absolute Gasteiger partial charge is 0.263 e. The van der Waals surface area contributed by atoms with Crippen molar-refractivity contribution in [1.82, 2.24) is 19.9 Å². The van der Waals surface area contributed by atoms with E-state index in [-0.39, 0.29) is 0 Å². The van der Waals surface area contributed by atoms with Gasteiger partial charge in [0, 0.05) is 49.8 Å². The van der Waals surface area contributed by atoms with Crippen molar-refractivity contribution in [3.05, 3.63) is 217 Å². The minimum absolute atomic E-state index is 0.596. The second kappa shape index (κ2) is 12.9. The molecule has 0 saturated carbocycles. The van der Waals surface area contributed by atoms with Crippen LogP contribution in [0.4, 0.5) is 0 Å². The third kappa shape index (κ3) is 4.77. The van der Waals surface area contributed by atoms with E-state index in [1.54, 1.807) is 0 Å². The molecule has 5 heteroatoms. The summed E-state index contributed by atoms with van der Waals surface area (Å²) in [6, 6.07) is 65.0. The second-order valence-corrected chi connectivity index (χ2v) is 16.0. The lowest BCUT2D eigenvalue weighted by Crippen LogP contribution is -2.31. The molecular formula is C53H32N4S. The van der Waals surface area contributed by atoms with Gasteiger partial charge >= 0.3 is 0 Å². The Kier molecular flexibility index (Phi) is 7.34. The highest BCUT2D eigenvalue weighted by Crippen LogP contribution is 2.64. The summed E-state index contributed by atoms with van der Waals surface area (Å²) in [5.41, 5.74) is 11.8. The van der Waals surface area contributed by atoms with Gasteiger partial charge in [-0.15, -0.1) is 0 Å². The van der Waals surface area contributed by atoms with Crippen molar-refractivity contribution in [2.24, 2.45) is 0 Å². The van der Waals surface area contributed by atoms with Gasteiger partial charge in [-0.25, -0.2) is 15.0 Å². The summed E-state index contributed by atoms with van der Waals surface area (Å²) in [5, 5.41) is 4.51. The molecule has 0 atom stereocenters. The number of benzene rings is 8. The minimum Gasteiger partial charge on any atom is -0.263 e. The predicted octanol–water partition coefficient (Wildman–Crippen LogP) is 13.1. The Morgan fingerprint density at radius 2 is 0.845 bits per heavy atom. The molecule has 0 fully saturated rings. The van der Waals surface area contributed by atoms with Gasteiger partial charge in [0.2, 0.25) is 0 Å². The highest BCUT2D eigenvalue weighted by atomic mass is 32.2. The summed E-state index contributed by atoms with van der Waals surface area (Å²) in [4.78, 5) is 23.3. The molecule has 1 aliphatic heterocycles. The number of hydrogen-bond acceptors (Lipinski definition) is 5. The Morgan fingerprint density at radius 1 is 0.345 bits per heavy atom. The number of pyridine rings is 1. The highest BCUT2D eigenvalue weighted by molar-refractivity contribution is 7.99. The van der Waals surface area contributed by atoms with Gasteiger partial charge in [0.05, 0.1) is 5.41 Å². The molecule has 1 aliphatic carbocycles. The summed E-state index contributed by atoms with van der Waals surface area (Å²) in [7, 11) is 0. The fourth-order valence-corrected chi connectivity index (χ4v) is 10.7. The van der Waals surface area contributed by atoms with E-state index in [1.807, 2.05) is 42.4 Å². The van der Waals surface area contributed by atoms with Crippen molar-refractivity contribution in [3.63, 3.8) is 0 Å². The zero-order valence-corrected chi connectivity index (χ0v) is 32.0. The molecule has 0 saturated heterocycles. The molecular weight excluding hydrogens is 725 g/mol. The van der Waals surface area contributed by atoms with Gasteiger partial charge in [-0.3, -0.25) is 4.98 Å². The zero-order valence-electron chi connectivity index (χ0n) is 31.2. The van der Waals surface area contributed by atoms with Crippen LogP contribution >= 0.6 is 11.8 Å². The van der Waals surface area contributed by atoms with Crippen LogP contribution < -0.4 is 0 Å². The molecule has 0 N–H and O–H groups in total. The first-order valence-corrected chi connectivity index (χ1v) is 20.4. The van der Waals surface area contributed by atoms with Crippen molar-refractivity contribution >= 4 is 33.3 Å². The summed E-state index contributed by atoms with van der Waals surface area (Å²) in [5.74, 6) is 1.91. The average Bonchev–Trinajstić information content (AvgIpc) is 3.60. The van der Waals surface area contributed by atoms with Gasteiger partial charge in [0.15, 0.2) is 17.5 Å². The summed E-state index contributed by atoms with van der Waals surface area (Å²) >= 11 is 1.85. The Morgan fingerprint density at radius 3 is 1.59 bits per heavy atom. The Balaban J connectivity index is 1.23. The smallest absolute Gasteiger partial charge is 0.164 e. The first-order valence-electron chi connectivity index (χ1n) is 19.5. The molecule has 0 radical (unpaired) electrons. The predicted molar refractivity (Wildman–Crippen MR) is 236 cm³/mol. The van der Waals surface area contributed by atoms with Crippen LogP contribution in [0, 0.1) is 0 Å². The molecule has 2 aliphatic rings. The molecule has 2 aromatic heterocycles. The van der Waals surface area contributed by atoms with Crippen LogP contribution in [-0.4, -0.2) is 19.9 Å². The van der Waals surface area contributed by atoms with Gasteiger partial charge in [-0.2, -0.15) is 0 Å². The molecule has 0 bridgehead atoms. The number of hydrogen-bond donors (Lipinski definition) is 0. The van der Waals surface area contributed by atoms with Crippen molar-refractivity contribution in [1.29, 1.82) is 0 Å². The summed E-state index contributed by atoms with van der Waals surface area (Å²) < 4.78 is 0. The fourth-order valence-electron chi connectivity index (χ4n) is 9.48. The van der Waals surface area contributed by atoms with Crippen LogP contribution in [0.2, 0.25) is 0 Å². The summed E-state index contributed by atoms with van der Waals surface area (Å²) in [6.07, 6.45) is 3.98. The maximum atomic E-state index is 5.44. The molecule has 4 nitrogen and oxygen atoms in total. The van der Waals surface area contributed by atoms with Gasteiger partial charge < -0.3 is 0 Å². The molecule has 10 aromatic rings. The molecule has 270 valence electrons. The number of rotatable bonds is 4. The quantitative estimate of drug-likeness (QED) is 0.179. The molecule has 12 rings (SSSR count). The van der Waals surface area contributed by atoms with E-state index >= 15 is 0 Å².